The van der Waals surface area contributed by atoms with Gasteiger partial charge in [-0.05, 0) is 37.9 Å². The van der Waals surface area contributed by atoms with Gasteiger partial charge in [0.2, 0.25) is 11.7 Å². The normalized spacial score (nSPS) is 14.7. The lowest BCUT2D eigenvalue weighted by atomic mass is 9.89. The lowest BCUT2D eigenvalue weighted by Gasteiger charge is -2.24. The smallest absolute Gasteiger partial charge is 0.238 e. The summed E-state index contributed by atoms with van der Waals surface area (Å²) in [6, 6.07) is 3.94. The summed E-state index contributed by atoms with van der Waals surface area (Å²) >= 11 is 0. The van der Waals surface area contributed by atoms with Gasteiger partial charge in [-0.2, -0.15) is 4.98 Å². The van der Waals surface area contributed by atoms with Crippen molar-refractivity contribution >= 4 is 0 Å². The molecule has 5 nitrogen and oxygen atoms in total. The predicted molar refractivity (Wildman–Crippen MR) is 77.3 cm³/mol. The summed E-state index contributed by atoms with van der Waals surface area (Å²) < 4.78 is 10.7. The molecule has 0 fully saturated rings. The van der Waals surface area contributed by atoms with Crippen LogP contribution >= 0.6 is 0 Å². The van der Waals surface area contributed by atoms with Crippen molar-refractivity contribution in [1.29, 1.82) is 0 Å². The van der Waals surface area contributed by atoms with Gasteiger partial charge in [-0.3, -0.25) is 0 Å². The fourth-order valence-corrected chi connectivity index (χ4v) is 2.45. The molecule has 0 amide bonds. The van der Waals surface area contributed by atoms with Crippen LogP contribution in [0.15, 0.2) is 27.3 Å². The molecule has 5 heteroatoms. The van der Waals surface area contributed by atoms with Gasteiger partial charge in [-0.1, -0.05) is 25.9 Å². The van der Waals surface area contributed by atoms with Crippen LogP contribution in [0.25, 0.3) is 11.6 Å². The number of hydrogen-bond acceptors (Lipinski definition) is 5. The molecule has 2 rings (SSSR count). The lowest BCUT2D eigenvalue weighted by Crippen LogP contribution is -2.35. The Morgan fingerprint density at radius 1 is 1.30 bits per heavy atom. The molecule has 2 aromatic heterocycles. The molecule has 110 valence electrons. The van der Waals surface area contributed by atoms with Crippen LogP contribution in [-0.4, -0.2) is 22.7 Å². The summed E-state index contributed by atoms with van der Waals surface area (Å²) in [4.78, 5) is 4.49. The third kappa shape index (κ3) is 3.28. The van der Waals surface area contributed by atoms with Crippen molar-refractivity contribution in [2.75, 3.05) is 6.54 Å². The molecule has 0 aromatic carbocycles. The summed E-state index contributed by atoms with van der Waals surface area (Å²) in [6.45, 7) is 9.66. The Bertz CT molecular complexity index is 505. The second kappa shape index (κ2) is 6.70. The zero-order valence-corrected chi connectivity index (χ0v) is 12.6. The van der Waals surface area contributed by atoms with Crippen molar-refractivity contribution in [3.05, 3.63) is 24.3 Å². The maximum Gasteiger partial charge on any atom is 0.238 e. The van der Waals surface area contributed by atoms with Crippen molar-refractivity contribution in [1.82, 2.24) is 15.5 Å². The minimum Gasteiger partial charge on any atom is -0.461 e. The van der Waals surface area contributed by atoms with E-state index in [2.05, 4.69) is 43.2 Å². The third-order valence-electron chi connectivity index (χ3n) is 3.44. The minimum absolute atomic E-state index is 0.192. The summed E-state index contributed by atoms with van der Waals surface area (Å²) in [7, 11) is 0. The Labute approximate surface area is 119 Å². The van der Waals surface area contributed by atoms with Crippen molar-refractivity contribution in [2.24, 2.45) is 5.92 Å². The van der Waals surface area contributed by atoms with Gasteiger partial charge in [0, 0.05) is 6.04 Å². The Morgan fingerprint density at radius 3 is 2.70 bits per heavy atom. The molecule has 20 heavy (non-hydrogen) atoms. The van der Waals surface area contributed by atoms with Gasteiger partial charge in [0.15, 0.2) is 5.76 Å². The second-order valence-electron chi connectivity index (χ2n) is 5.45. The number of nitrogens with one attached hydrogen (secondary N) is 1. The van der Waals surface area contributed by atoms with E-state index in [1.165, 1.54) is 0 Å². The second-order valence-corrected chi connectivity index (χ2v) is 5.45. The molecule has 0 aliphatic carbocycles. The summed E-state index contributed by atoms with van der Waals surface area (Å²) in [5, 5.41) is 7.52. The molecule has 2 atom stereocenters. The van der Waals surface area contributed by atoms with Gasteiger partial charge in [-0.25, -0.2) is 0 Å². The molecule has 2 unspecified atom stereocenters. The van der Waals surface area contributed by atoms with E-state index in [4.69, 9.17) is 8.94 Å². The topological polar surface area (TPSA) is 64.1 Å². The number of furan rings is 1. The monoisotopic (exact) mass is 277 g/mol. The summed E-state index contributed by atoms with van der Waals surface area (Å²) in [5.74, 6) is 2.43. The van der Waals surface area contributed by atoms with Crippen LogP contribution in [0.2, 0.25) is 0 Å². The maximum atomic E-state index is 5.45. The molecular weight excluding hydrogens is 254 g/mol. The quantitative estimate of drug-likeness (QED) is 0.839. The Morgan fingerprint density at radius 2 is 2.10 bits per heavy atom. The van der Waals surface area contributed by atoms with Gasteiger partial charge in [0.25, 0.3) is 0 Å². The molecule has 0 spiro atoms. The van der Waals surface area contributed by atoms with Crippen LogP contribution in [0.1, 0.15) is 45.9 Å². The van der Waals surface area contributed by atoms with Gasteiger partial charge >= 0.3 is 0 Å². The number of nitrogens with zero attached hydrogens (tertiary/aromatic N) is 2. The van der Waals surface area contributed by atoms with E-state index in [0.717, 1.165) is 13.0 Å². The van der Waals surface area contributed by atoms with E-state index in [1.54, 1.807) is 6.26 Å². The van der Waals surface area contributed by atoms with Crippen molar-refractivity contribution in [3.8, 4) is 11.6 Å². The zero-order valence-electron chi connectivity index (χ0n) is 12.6. The molecule has 1 N–H and O–H groups in total. The molecule has 0 aliphatic rings. The van der Waals surface area contributed by atoms with Crippen LogP contribution in [0.3, 0.4) is 0 Å². The number of aromatic nitrogens is 2. The number of rotatable bonds is 7. The molecule has 0 radical (unpaired) electrons. The Kier molecular flexibility index (Phi) is 4.95. The highest BCUT2D eigenvalue weighted by atomic mass is 16.5. The van der Waals surface area contributed by atoms with E-state index in [1.807, 2.05) is 12.1 Å². The van der Waals surface area contributed by atoms with E-state index in [-0.39, 0.29) is 5.92 Å². The molecule has 0 saturated heterocycles. The summed E-state index contributed by atoms with van der Waals surface area (Å²) in [5.41, 5.74) is 0. The van der Waals surface area contributed by atoms with Gasteiger partial charge in [0.1, 0.15) is 0 Å². The van der Waals surface area contributed by atoms with E-state index < -0.39 is 0 Å². The predicted octanol–water partition coefficient (Wildman–Crippen LogP) is 3.46. The standard InChI is InChI=1S/C15H23N3O2/c1-5-8-16-11(4)13(10(2)3)15-17-14(18-20-15)12-7-6-9-19-12/h6-7,9-11,13,16H,5,8H2,1-4H3. The van der Waals surface area contributed by atoms with E-state index >= 15 is 0 Å². The zero-order chi connectivity index (χ0) is 14.5. The van der Waals surface area contributed by atoms with E-state index in [9.17, 15) is 0 Å². The van der Waals surface area contributed by atoms with Crippen molar-refractivity contribution in [3.63, 3.8) is 0 Å². The largest absolute Gasteiger partial charge is 0.461 e. The molecule has 0 aliphatic heterocycles. The Balaban J connectivity index is 2.17. The molecular formula is C15H23N3O2. The molecule has 0 saturated carbocycles. The first kappa shape index (κ1) is 14.8. The summed E-state index contributed by atoms with van der Waals surface area (Å²) in [6.07, 6.45) is 2.72. The maximum absolute atomic E-state index is 5.45. The SMILES string of the molecule is CCCNC(C)C(c1nc(-c2ccco2)no1)C(C)C. The van der Waals surface area contributed by atoms with Gasteiger partial charge < -0.3 is 14.3 Å². The first-order valence-corrected chi connectivity index (χ1v) is 7.24. The van der Waals surface area contributed by atoms with Gasteiger partial charge in [0.05, 0.1) is 12.2 Å². The first-order valence-electron chi connectivity index (χ1n) is 7.24. The third-order valence-corrected chi connectivity index (χ3v) is 3.44. The minimum atomic E-state index is 0.192. The van der Waals surface area contributed by atoms with Crippen LogP contribution in [0, 0.1) is 5.92 Å². The number of hydrogen-bond donors (Lipinski definition) is 1. The average Bonchev–Trinajstić information content (AvgIpc) is 3.06. The molecule has 0 bridgehead atoms. The van der Waals surface area contributed by atoms with Crippen LogP contribution in [0.4, 0.5) is 0 Å². The Hall–Kier alpha value is -1.62. The fourth-order valence-electron chi connectivity index (χ4n) is 2.45. The van der Waals surface area contributed by atoms with Crippen LogP contribution in [0.5, 0.6) is 0 Å². The van der Waals surface area contributed by atoms with Crippen LogP contribution in [-0.2, 0) is 0 Å². The lowest BCUT2D eigenvalue weighted by molar-refractivity contribution is 0.280. The first-order chi connectivity index (χ1) is 9.63. The van der Waals surface area contributed by atoms with Crippen LogP contribution < -0.4 is 5.32 Å². The van der Waals surface area contributed by atoms with Crippen molar-refractivity contribution in [2.45, 2.75) is 46.1 Å². The highest BCUT2D eigenvalue weighted by Gasteiger charge is 2.28. The molecule has 2 aromatic rings. The van der Waals surface area contributed by atoms with Gasteiger partial charge in [-0.15, -0.1) is 0 Å². The van der Waals surface area contributed by atoms with Crippen molar-refractivity contribution < 1.29 is 8.94 Å². The highest BCUT2D eigenvalue weighted by molar-refractivity contribution is 5.44. The van der Waals surface area contributed by atoms with E-state index in [0.29, 0.717) is 29.4 Å². The molecule has 2 heterocycles. The average molecular weight is 277 g/mol. The fraction of sp³-hybridized carbons (Fsp3) is 0.600. The highest BCUT2D eigenvalue weighted by Crippen LogP contribution is 2.28.